The van der Waals surface area contributed by atoms with E-state index in [1.54, 1.807) is 36.7 Å². The van der Waals surface area contributed by atoms with Crippen molar-refractivity contribution in [1.29, 1.82) is 0 Å². The molecule has 0 unspecified atom stereocenters. The van der Waals surface area contributed by atoms with E-state index in [1.165, 1.54) is 30.1 Å². The SMILES string of the molecule is COC(=O)c1sc(-c2ccncc2)nc1OCc1cnnn1-c1cc2ccc(O)cc2oc1=O. The Morgan fingerprint density at radius 3 is 2.82 bits per heavy atom. The fourth-order valence-corrected chi connectivity index (χ4v) is 4.11. The molecule has 0 aliphatic rings. The van der Waals surface area contributed by atoms with Gasteiger partial charge in [-0.15, -0.1) is 16.4 Å². The van der Waals surface area contributed by atoms with Crippen LogP contribution in [0.1, 0.15) is 15.4 Å². The molecule has 0 atom stereocenters. The average Bonchev–Trinajstić information content (AvgIpc) is 3.49. The molecule has 5 aromatic rings. The van der Waals surface area contributed by atoms with Crippen molar-refractivity contribution >= 4 is 28.3 Å². The Morgan fingerprint density at radius 2 is 2.03 bits per heavy atom. The lowest BCUT2D eigenvalue weighted by Gasteiger charge is -2.07. The molecule has 170 valence electrons. The summed E-state index contributed by atoms with van der Waals surface area (Å²) in [4.78, 5) is 33.4. The number of esters is 1. The van der Waals surface area contributed by atoms with Gasteiger partial charge < -0.3 is 19.0 Å². The number of hydrogen-bond acceptors (Lipinski definition) is 11. The maximum Gasteiger partial charge on any atom is 0.362 e. The van der Waals surface area contributed by atoms with Crippen LogP contribution in [0.15, 0.2) is 64.2 Å². The summed E-state index contributed by atoms with van der Waals surface area (Å²) in [5.41, 5.74) is 0.860. The molecule has 0 spiro atoms. The van der Waals surface area contributed by atoms with E-state index in [4.69, 9.17) is 13.9 Å². The normalized spacial score (nSPS) is 11.0. The van der Waals surface area contributed by atoms with Gasteiger partial charge in [-0.05, 0) is 30.3 Å². The van der Waals surface area contributed by atoms with Crippen molar-refractivity contribution in [3.05, 3.63) is 76.0 Å². The second-order valence-corrected chi connectivity index (χ2v) is 7.95. The molecule has 0 bridgehead atoms. The Morgan fingerprint density at radius 1 is 1.21 bits per heavy atom. The number of fused-ring (bicyclic) bond motifs is 1. The summed E-state index contributed by atoms with van der Waals surface area (Å²) in [6.45, 7) is -0.0937. The predicted octanol–water partition coefficient (Wildman–Crippen LogP) is 2.96. The van der Waals surface area contributed by atoms with Gasteiger partial charge in [0.15, 0.2) is 10.6 Å². The quantitative estimate of drug-likeness (QED) is 0.286. The van der Waals surface area contributed by atoms with Gasteiger partial charge in [0.25, 0.3) is 0 Å². The number of carbonyl (C=O) groups is 1. The van der Waals surface area contributed by atoms with Crippen molar-refractivity contribution in [3.8, 4) is 27.9 Å². The highest BCUT2D eigenvalue weighted by Gasteiger charge is 2.22. The first kappa shape index (κ1) is 21.3. The Hall–Kier alpha value is -4.58. The number of aromatic nitrogens is 5. The van der Waals surface area contributed by atoms with Crippen molar-refractivity contribution < 1.29 is 23.8 Å². The van der Waals surface area contributed by atoms with Crippen LogP contribution in [0.2, 0.25) is 0 Å². The zero-order valence-electron chi connectivity index (χ0n) is 17.5. The molecule has 1 aromatic carbocycles. The molecule has 0 aliphatic heterocycles. The maximum atomic E-state index is 12.6. The molecule has 0 radical (unpaired) electrons. The monoisotopic (exact) mass is 477 g/mol. The maximum absolute atomic E-state index is 12.6. The number of aromatic hydroxyl groups is 1. The van der Waals surface area contributed by atoms with Gasteiger partial charge in [-0.25, -0.2) is 19.3 Å². The highest BCUT2D eigenvalue weighted by atomic mass is 32.1. The molecule has 34 heavy (non-hydrogen) atoms. The van der Waals surface area contributed by atoms with Gasteiger partial charge in [0.1, 0.15) is 28.6 Å². The minimum atomic E-state index is -0.672. The molecule has 0 saturated carbocycles. The van der Waals surface area contributed by atoms with Crippen LogP contribution in [-0.4, -0.2) is 43.1 Å². The molecule has 1 N–H and O–H groups in total. The standard InChI is InChI=1S/C22H15N5O6S/c1-31-22(30)18-19(25-20(34-18)12-4-6-23-7-5-12)32-11-14-10-24-26-27(14)16-8-13-2-3-15(28)9-17(13)33-21(16)29/h2-10,28H,11H2,1H3. The highest BCUT2D eigenvalue weighted by Crippen LogP contribution is 2.33. The van der Waals surface area contributed by atoms with Crippen molar-refractivity contribution in [3.63, 3.8) is 0 Å². The zero-order valence-corrected chi connectivity index (χ0v) is 18.4. The average molecular weight is 477 g/mol. The Balaban J connectivity index is 1.47. The molecule has 0 aliphatic carbocycles. The summed E-state index contributed by atoms with van der Waals surface area (Å²) in [6, 6.07) is 9.55. The predicted molar refractivity (Wildman–Crippen MR) is 120 cm³/mol. The number of methoxy groups -OCH3 is 1. The molecule has 4 aromatic heterocycles. The van der Waals surface area contributed by atoms with E-state index in [0.717, 1.165) is 16.9 Å². The third-order valence-electron chi connectivity index (χ3n) is 4.80. The van der Waals surface area contributed by atoms with E-state index >= 15 is 0 Å². The first-order valence-electron chi connectivity index (χ1n) is 9.82. The summed E-state index contributed by atoms with van der Waals surface area (Å²) in [5.74, 6) is -0.524. The van der Waals surface area contributed by atoms with E-state index in [1.807, 2.05) is 0 Å². The van der Waals surface area contributed by atoms with Crippen LogP contribution in [0.4, 0.5) is 0 Å². The Kier molecular flexibility index (Phi) is 5.47. The number of benzene rings is 1. The number of hydrogen-bond donors (Lipinski definition) is 1. The summed E-state index contributed by atoms with van der Waals surface area (Å²) in [7, 11) is 1.27. The van der Waals surface area contributed by atoms with Crippen LogP contribution < -0.4 is 10.4 Å². The summed E-state index contributed by atoms with van der Waals surface area (Å²) in [6.07, 6.45) is 4.67. The molecule has 0 saturated heterocycles. The molecule has 0 amide bonds. The Labute approximate surface area is 194 Å². The summed E-state index contributed by atoms with van der Waals surface area (Å²) in [5, 5.41) is 18.6. The first-order chi connectivity index (χ1) is 16.5. The smallest absolute Gasteiger partial charge is 0.362 e. The molecular weight excluding hydrogens is 462 g/mol. The van der Waals surface area contributed by atoms with Gasteiger partial charge in [0, 0.05) is 29.4 Å². The van der Waals surface area contributed by atoms with Gasteiger partial charge >= 0.3 is 11.6 Å². The van der Waals surface area contributed by atoms with Gasteiger partial charge in [-0.1, -0.05) is 5.21 Å². The second-order valence-electron chi connectivity index (χ2n) is 6.95. The Bertz CT molecular complexity index is 1560. The topological polar surface area (TPSA) is 142 Å². The fraction of sp³-hybridized carbons (Fsp3) is 0.0909. The number of carbonyl (C=O) groups excluding carboxylic acids is 1. The lowest BCUT2D eigenvalue weighted by Crippen LogP contribution is -2.15. The number of ether oxygens (including phenoxy) is 2. The van der Waals surface area contributed by atoms with Crippen LogP contribution in [0.25, 0.3) is 27.2 Å². The number of pyridine rings is 1. The highest BCUT2D eigenvalue weighted by molar-refractivity contribution is 7.17. The number of thiazole rings is 1. The van der Waals surface area contributed by atoms with Crippen LogP contribution in [-0.2, 0) is 11.3 Å². The third kappa shape index (κ3) is 3.97. The van der Waals surface area contributed by atoms with Crippen molar-refractivity contribution in [2.75, 3.05) is 7.11 Å². The van der Waals surface area contributed by atoms with Crippen LogP contribution in [0, 0.1) is 0 Å². The fourth-order valence-electron chi connectivity index (χ4n) is 3.18. The number of phenols is 1. The van der Waals surface area contributed by atoms with E-state index in [0.29, 0.717) is 16.1 Å². The molecule has 12 heteroatoms. The first-order valence-corrected chi connectivity index (χ1v) is 10.6. The van der Waals surface area contributed by atoms with Crippen LogP contribution in [0.3, 0.4) is 0 Å². The van der Waals surface area contributed by atoms with Crippen molar-refractivity contribution in [2.24, 2.45) is 0 Å². The van der Waals surface area contributed by atoms with Gasteiger partial charge in [0.2, 0.25) is 5.88 Å². The second kappa shape index (κ2) is 8.75. The molecular formula is C22H15N5O6S. The number of rotatable bonds is 6. The number of phenolic OH excluding ortho intramolecular Hbond substituents is 1. The largest absolute Gasteiger partial charge is 0.508 e. The van der Waals surface area contributed by atoms with Crippen molar-refractivity contribution in [2.45, 2.75) is 6.61 Å². The lowest BCUT2D eigenvalue weighted by atomic mass is 10.2. The van der Waals surface area contributed by atoms with Crippen LogP contribution in [0.5, 0.6) is 11.6 Å². The van der Waals surface area contributed by atoms with Gasteiger partial charge in [-0.2, -0.15) is 0 Å². The van der Waals surface area contributed by atoms with E-state index in [9.17, 15) is 14.7 Å². The van der Waals surface area contributed by atoms with Crippen molar-refractivity contribution in [1.82, 2.24) is 25.0 Å². The molecule has 0 fully saturated rings. The van der Waals surface area contributed by atoms with Gasteiger partial charge in [-0.3, -0.25) is 4.98 Å². The van der Waals surface area contributed by atoms with E-state index in [-0.39, 0.29) is 34.4 Å². The lowest BCUT2D eigenvalue weighted by molar-refractivity contribution is 0.0600. The van der Waals surface area contributed by atoms with Crippen LogP contribution >= 0.6 is 11.3 Å². The molecule has 11 nitrogen and oxygen atoms in total. The minimum Gasteiger partial charge on any atom is -0.508 e. The van der Waals surface area contributed by atoms with E-state index < -0.39 is 11.6 Å². The number of nitrogens with zero attached hydrogens (tertiary/aromatic N) is 5. The molecule has 4 heterocycles. The minimum absolute atomic E-state index is 0.0194. The summed E-state index contributed by atoms with van der Waals surface area (Å²) >= 11 is 1.13. The zero-order chi connectivity index (χ0) is 23.7. The third-order valence-corrected chi connectivity index (χ3v) is 5.87. The molecule has 5 rings (SSSR count). The van der Waals surface area contributed by atoms with Gasteiger partial charge in [0.05, 0.1) is 13.3 Å². The summed E-state index contributed by atoms with van der Waals surface area (Å²) < 4.78 is 17.3. The van der Waals surface area contributed by atoms with E-state index in [2.05, 4.69) is 20.3 Å².